The zero-order valence-corrected chi connectivity index (χ0v) is 28.2. The fourth-order valence-corrected chi connectivity index (χ4v) is 10.2. The molecule has 0 unspecified atom stereocenters. The van der Waals surface area contributed by atoms with Crippen LogP contribution in [0.3, 0.4) is 0 Å². The molecule has 0 fully saturated rings. The molecule has 11 aromatic rings. The van der Waals surface area contributed by atoms with Crippen LogP contribution < -0.4 is 0 Å². The lowest BCUT2D eigenvalue weighted by Gasteiger charge is -2.22. The molecule has 52 heavy (non-hydrogen) atoms. The minimum Gasteiger partial charge on any atom is -0.0616 e. The van der Waals surface area contributed by atoms with Gasteiger partial charge in [-0.1, -0.05) is 170 Å². The molecular formula is C52H28. The molecule has 11 aromatic carbocycles. The highest BCUT2D eigenvalue weighted by Gasteiger charge is 2.33. The molecule has 0 nitrogen and oxygen atoms in total. The normalized spacial score (nSPS) is 12.9. The van der Waals surface area contributed by atoms with Crippen molar-refractivity contribution < 1.29 is 0 Å². The third-order valence-electron chi connectivity index (χ3n) is 12.3. The van der Waals surface area contributed by atoms with Gasteiger partial charge < -0.3 is 0 Å². The maximum absolute atomic E-state index is 2.44. The van der Waals surface area contributed by atoms with Crippen LogP contribution in [0.5, 0.6) is 0 Å². The van der Waals surface area contributed by atoms with E-state index < -0.39 is 0 Å². The minimum atomic E-state index is 1.26. The third kappa shape index (κ3) is 3.20. The van der Waals surface area contributed by atoms with Crippen LogP contribution in [0.2, 0.25) is 0 Å². The van der Waals surface area contributed by atoms with E-state index in [4.69, 9.17) is 0 Å². The summed E-state index contributed by atoms with van der Waals surface area (Å²) in [6.45, 7) is 0. The minimum absolute atomic E-state index is 1.26. The summed E-state index contributed by atoms with van der Waals surface area (Å²) in [6, 6.07) is 59.6. The van der Waals surface area contributed by atoms with E-state index in [2.05, 4.69) is 170 Å². The number of hydrogen-bond acceptors (Lipinski definition) is 0. The molecule has 0 saturated heterocycles. The molecule has 0 amide bonds. The van der Waals surface area contributed by atoms with Crippen LogP contribution in [0.1, 0.15) is 11.1 Å². The van der Waals surface area contributed by atoms with Crippen molar-refractivity contribution in [2.75, 3.05) is 0 Å². The fourth-order valence-electron chi connectivity index (χ4n) is 10.2. The monoisotopic (exact) mass is 652 g/mol. The molecule has 2 aliphatic carbocycles. The van der Waals surface area contributed by atoms with E-state index in [1.165, 1.54) is 131 Å². The van der Waals surface area contributed by atoms with Crippen molar-refractivity contribution in [2.24, 2.45) is 0 Å². The lowest BCUT2D eigenvalue weighted by Crippen LogP contribution is -1.94. The first-order valence-electron chi connectivity index (χ1n) is 18.3. The van der Waals surface area contributed by atoms with Gasteiger partial charge in [-0.15, -0.1) is 0 Å². The molecule has 0 aromatic heterocycles. The van der Waals surface area contributed by atoms with Gasteiger partial charge >= 0.3 is 0 Å². The average molecular weight is 653 g/mol. The highest BCUT2D eigenvalue weighted by atomic mass is 14.3. The Balaban J connectivity index is 1.28. The average Bonchev–Trinajstić information content (AvgIpc) is 3.78. The molecule has 0 N–H and O–H groups in total. The molecule has 0 aliphatic heterocycles. The summed E-state index contributed by atoms with van der Waals surface area (Å²) in [7, 11) is 0. The summed E-state index contributed by atoms with van der Waals surface area (Å²) in [4.78, 5) is 0. The summed E-state index contributed by atoms with van der Waals surface area (Å²) in [6.07, 6.45) is 4.54. The quantitative estimate of drug-likeness (QED) is 0.129. The van der Waals surface area contributed by atoms with Crippen molar-refractivity contribution >= 4 is 87.6 Å². The Morgan fingerprint density at radius 2 is 0.615 bits per heavy atom. The van der Waals surface area contributed by atoms with Crippen molar-refractivity contribution in [3.05, 3.63) is 169 Å². The highest BCUT2D eigenvalue weighted by molar-refractivity contribution is 6.40. The van der Waals surface area contributed by atoms with Gasteiger partial charge in [-0.2, -0.15) is 0 Å². The zero-order chi connectivity index (χ0) is 33.7. The van der Waals surface area contributed by atoms with Gasteiger partial charge in [-0.25, -0.2) is 0 Å². The predicted octanol–water partition coefficient (Wildman–Crippen LogP) is 14.7. The summed E-state index contributed by atoms with van der Waals surface area (Å²) in [5.41, 5.74) is 13.2. The van der Waals surface area contributed by atoms with E-state index in [0.29, 0.717) is 0 Å². The van der Waals surface area contributed by atoms with E-state index >= 15 is 0 Å². The Bertz CT molecular complexity index is 3220. The first-order valence-corrected chi connectivity index (χ1v) is 18.3. The Hall–Kier alpha value is -6.76. The molecule has 2 aliphatic rings. The number of benzene rings is 11. The first-order chi connectivity index (χ1) is 25.8. The Labute approximate surface area is 299 Å². The van der Waals surface area contributed by atoms with Crippen LogP contribution in [0.25, 0.3) is 132 Å². The molecular weight excluding hydrogens is 625 g/mol. The van der Waals surface area contributed by atoms with Gasteiger partial charge in [0.2, 0.25) is 0 Å². The van der Waals surface area contributed by atoms with Gasteiger partial charge in [0, 0.05) is 0 Å². The van der Waals surface area contributed by atoms with Crippen LogP contribution in [0.15, 0.2) is 158 Å². The van der Waals surface area contributed by atoms with E-state index in [0.717, 1.165) is 0 Å². The first kappa shape index (κ1) is 27.0. The van der Waals surface area contributed by atoms with Gasteiger partial charge in [0.15, 0.2) is 0 Å². The summed E-state index contributed by atoms with van der Waals surface area (Å²) >= 11 is 0. The Morgan fingerprint density at radius 1 is 0.212 bits per heavy atom. The summed E-state index contributed by atoms with van der Waals surface area (Å²) in [5.74, 6) is 0. The fraction of sp³-hybridized carbons (Fsp3) is 0. The second-order valence-electron chi connectivity index (χ2n) is 14.7. The second-order valence-corrected chi connectivity index (χ2v) is 14.7. The summed E-state index contributed by atoms with van der Waals surface area (Å²) < 4.78 is 0. The van der Waals surface area contributed by atoms with Crippen LogP contribution >= 0.6 is 0 Å². The van der Waals surface area contributed by atoms with Crippen LogP contribution in [0, 0.1) is 0 Å². The SMILES string of the molecule is C1=Cc2ccc3c4ccc5c6c(ccc(c7ccc1c2c73)c64)-c1c-5c(-c2cccc3ccccc23)c2ccccc2c1-c1cccc2ccccc12. The maximum Gasteiger partial charge on any atom is -0.000718 e. The lowest BCUT2D eigenvalue weighted by molar-refractivity contribution is 1.65. The van der Waals surface area contributed by atoms with Gasteiger partial charge in [0.1, 0.15) is 0 Å². The van der Waals surface area contributed by atoms with E-state index in [1.54, 1.807) is 0 Å². The van der Waals surface area contributed by atoms with E-state index in [1.807, 2.05) is 0 Å². The Kier molecular flexibility index (Phi) is 4.94. The Morgan fingerprint density at radius 3 is 1.12 bits per heavy atom. The molecule has 0 atom stereocenters. The summed E-state index contributed by atoms with van der Waals surface area (Å²) in [5, 5.41) is 18.6. The van der Waals surface area contributed by atoms with Gasteiger partial charge in [0.25, 0.3) is 0 Å². The van der Waals surface area contributed by atoms with Crippen molar-refractivity contribution in [1.29, 1.82) is 0 Å². The number of hydrogen-bond donors (Lipinski definition) is 0. The second kappa shape index (κ2) is 9.51. The molecule has 0 bridgehead atoms. The largest absolute Gasteiger partial charge is 0.0616 e. The van der Waals surface area contributed by atoms with Crippen molar-refractivity contribution in [2.45, 2.75) is 0 Å². The smallest absolute Gasteiger partial charge is 0.000718 e. The molecule has 0 radical (unpaired) electrons. The van der Waals surface area contributed by atoms with Crippen molar-refractivity contribution in [3.8, 4) is 44.5 Å². The third-order valence-corrected chi connectivity index (χ3v) is 12.3. The van der Waals surface area contributed by atoms with E-state index in [-0.39, 0.29) is 0 Å². The predicted molar refractivity (Wildman–Crippen MR) is 224 cm³/mol. The maximum atomic E-state index is 2.44. The topological polar surface area (TPSA) is 0 Å². The standard InChI is InChI=1S/C52H28/c1-3-13-33-29(9-1)11-7-17-35(33)48-37-15-5-6-16-38(37)49(36-18-8-12-30-10-2-4-14-34(30)36)52-44-28-26-42-40-24-22-32-20-19-31-21-23-39(46(40)45(31)32)41-25-27-43(51(48)52)50(44)47(41)42/h1-28H. The molecule has 0 heteroatoms. The van der Waals surface area contributed by atoms with E-state index in [9.17, 15) is 0 Å². The zero-order valence-electron chi connectivity index (χ0n) is 28.2. The van der Waals surface area contributed by atoms with Crippen molar-refractivity contribution in [1.82, 2.24) is 0 Å². The molecule has 0 heterocycles. The lowest BCUT2D eigenvalue weighted by atomic mass is 9.81. The molecule has 0 saturated carbocycles. The van der Waals surface area contributed by atoms with Crippen LogP contribution in [-0.4, -0.2) is 0 Å². The van der Waals surface area contributed by atoms with Crippen LogP contribution in [-0.2, 0) is 0 Å². The number of fused-ring (bicyclic) bond motifs is 8. The van der Waals surface area contributed by atoms with Crippen LogP contribution in [0.4, 0.5) is 0 Å². The highest BCUT2D eigenvalue weighted by Crippen LogP contribution is 2.60. The van der Waals surface area contributed by atoms with Gasteiger partial charge in [-0.3, -0.25) is 0 Å². The number of rotatable bonds is 2. The van der Waals surface area contributed by atoms with Crippen molar-refractivity contribution in [3.63, 3.8) is 0 Å². The van der Waals surface area contributed by atoms with Gasteiger partial charge in [0.05, 0.1) is 0 Å². The molecule has 13 rings (SSSR count). The molecule has 0 spiro atoms. The van der Waals surface area contributed by atoms with Gasteiger partial charge in [-0.05, 0) is 131 Å². The molecule has 236 valence electrons.